The van der Waals surface area contributed by atoms with Gasteiger partial charge in [-0.2, -0.15) is 0 Å². The van der Waals surface area contributed by atoms with Crippen LogP contribution in [-0.4, -0.2) is 39.9 Å². The first-order valence-corrected chi connectivity index (χ1v) is 12.1. The van der Waals surface area contributed by atoms with Gasteiger partial charge in [0.1, 0.15) is 5.75 Å². The van der Waals surface area contributed by atoms with E-state index in [2.05, 4.69) is 15.9 Å². The molecule has 1 aromatic rings. The number of nitrogens with zero attached hydrogens (tertiary/aromatic N) is 1. The van der Waals surface area contributed by atoms with Crippen molar-refractivity contribution in [3.8, 4) is 5.75 Å². The second-order valence-corrected chi connectivity index (χ2v) is 10.1. The number of fused-ring (bicyclic) bond motifs is 3. The summed E-state index contributed by atoms with van der Waals surface area (Å²) in [6.45, 7) is 4.11. The van der Waals surface area contributed by atoms with Crippen LogP contribution in [0.1, 0.15) is 43.2 Å². The number of rotatable bonds is 3. The Morgan fingerprint density at radius 1 is 1.12 bits per heavy atom. The third-order valence-electron chi connectivity index (χ3n) is 7.42. The second kappa shape index (κ2) is 7.90. The van der Waals surface area contributed by atoms with Crippen LogP contribution in [0, 0.1) is 24.7 Å². The van der Waals surface area contributed by atoms with E-state index in [4.69, 9.17) is 0 Å². The molecule has 5 rings (SSSR count). The number of hydrogen-bond donors (Lipinski definition) is 1. The highest BCUT2D eigenvalue weighted by molar-refractivity contribution is 9.12. The molecule has 1 heterocycles. The van der Waals surface area contributed by atoms with Gasteiger partial charge in [-0.3, -0.25) is 24.1 Å². The zero-order chi connectivity index (χ0) is 23.6. The molecule has 2 amide bonds. The summed E-state index contributed by atoms with van der Waals surface area (Å²) in [7, 11) is 0. The largest absolute Gasteiger partial charge is 0.508 e. The van der Waals surface area contributed by atoms with Crippen molar-refractivity contribution >= 4 is 39.3 Å². The van der Waals surface area contributed by atoms with Crippen LogP contribution >= 0.6 is 15.9 Å². The molecule has 0 aromatic heterocycles. The molecule has 1 N–H and O–H groups in total. The minimum absolute atomic E-state index is 0.133. The number of hydrogen-bond acceptors (Lipinski definition) is 5. The van der Waals surface area contributed by atoms with Gasteiger partial charge in [-0.1, -0.05) is 30.7 Å². The van der Waals surface area contributed by atoms with E-state index >= 15 is 0 Å². The van der Waals surface area contributed by atoms with Crippen LogP contribution in [0.4, 0.5) is 0 Å². The number of Topliss-reactive ketones (excluding diaryl/α,β-unsaturated/α-hetero) is 1. The van der Waals surface area contributed by atoms with Gasteiger partial charge >= 0.3 is 0 Å². The maximum atomic E-state index is 13.4. The third kappa shape index (κ3) is 3.20. The van der Waals surface area contributed by atoms with E-state index in [0.29, 0.717) is 36.1 Å². The number of aromatic hydroxyl groups is 1. The first kappa shape index (κ1) is 22.0. The third-order valence-corrected chi connectivity index (χ3v) is 8.01. The Labute approximate surface area is 200 Å². The van der Waals surface area contributed by atoms with Crippen LogP contribution in [-0.2, 0) is 19.2 Å². The molecule has 33 heavy (non-hydrogen) atoms. The predicted molar refractivity (Wildman–Crippen MR) is 124 cm³/mol. The molecule has 0 bridgehead atoms. The monoisotopic (exact) mass is 509 g/mol. The Kier molecular flexibility index (Phi) is 5.27. The standard InChI is InChI=1S/C26H24BrNO5/c1-3-8-28-25(32)15-6-5-14-16(22(15)26(28)33)10-17-23(20(30)11-18(27)24(17)31)21(14)13-4-7-19(29)12(2)9-13/h4-5,7,9,11,15-16,21-22,29H,3,6,8,10H2,1-2H3. The average molecular weight is 510 g/mol. The predicted octanol–water partition coefficient (Wildman–Crippen LogP) is 3.87. The molecule has 7 heteroatoms. The van der Waals surface area contributed by atoms with Gasteiger partial charge in [0.15, 0.2) is 11.6 Å². The Balaban J connectivity index is 1.68. The molecule has 0 saturated carbocycles. The van der Waals surface area contributed by atoms with Crippen LogP contribution < -0.4 is 0 Å². The number of allylic oxidation sites excluding steroid dienone is 6. The zero-order valence-electron chi connectivity index (χ0n) is 18.4. The molecule has 4 unspecified atom stereocenters. The van der Waals surface area contributed by atoms with Gasteiger partial charge in [-0.15, -0.1) is 0 Å². The summed E-state index contributed by atoms with van der Waals surface area (Å²) < 4.78 is 0.216. The Morgan fingerprint density at radius 2 is 1.88 bits per heavy atom. The molecule has 1 fully saturated rings. The lowest BCUT2D eigenvalue weighted by Crippen LogP contribution is -2.39. The summed E-state index contributed by atoms with van der Waals surface area (Å²) in [6.07, 6.45) is 4.73. The number of halogens is 1. The molecular weight excluding hydrogens is 486 g/mol. The van der Waals surface area contributed by atoms with Crippen molar-refractivity contribution in [1.82, 2.24) is 4.90 Å². The van der Waals surface area contributed by atoms with E-state index in [1.165, 1.54) is 11.0 Å². The van der Waals surface area contributed by atoms with Gasteiger partial charge in [0.25, 0.3) is 0 Å². The zero-order valence-corrected chi connectivity index (χ0v) is 20.0. The lowest BCUT2D eigenvalue weighted by molar-refractivity contribution is -0.140. The van der Waals surface area contributed by atoms with Crippen molar-refractivity contribution in [2.75, 3.05) is 6.54 Å². The van der Waals surface area contributed by atoms with Gasteiger partial charge in [0.05, 0.1) is 16.3 Å². The quantitative estimate of drug-likeness (QED) is 0.379. The lowest BCUT2D eigenvalue weighted by Gasteiger charge is -2.42. The number of phenolic OH excluding ortho intramolecular Hbond substituents is 1. The highest BCUT2D eigenvalue weighted by Gasteiger charge is 2.56. The number of benzene rings is 1. The smallest absolute Gasteiger partial charge is 0.233 e. The number of amides is 2. The van der Waals surface area contributed by atoms with E-state index in [1.54, 1.807) is 19.1 Å². The van der Waals surface area contributed by atoms with Crippen LogP contribution in [0.25, 0.3) is 0 Å². The van der Waals surface area contributed by atoms with Crippen molar-refractivity contribution in [2.24, 2.45) is 17.8 Å². The van der Waals surface area contributed by atoms with E-state index in [-0.39, 0.29) is 46.0 Å². The number of ketones is 2. The molecule has 3 aliphatic carbocycles. The molecular formula is C26H24BrNO5. The topological polar surface area (TPSA) is 91.8 Å². The van der Waals surface area contributed by atoms with Crippen molar-refractivity contribution < 1.29 is 24.3 Å². The highest BCUT2D eigenvalue weighted by atomic mass is 79.9. The SMILES string of the molecule is CCCN1C(=O)C2CC=C3C(c4ccc(O)c(C)c4)C4=C(CC3C2C1=O)C(=O)C(Br)=CC4=O. The molecule has 4 atom stereocenters. The second-order valence-electron chi connectivity index (χ2n) is 9.27. The fourth-order valence-electron chi connectivity index (χ4n) is 5.95. The minimum Gasteiger partial charge on any atom is -0.508 e. The molecule has 1 saturated heterocycles. The van der Waals surface area contributed by atoms with Gasteiger partial charge in [0.2, 0.25) is 11.8 Å². The van der Waals surface area contributed by atoms with Crippen molar-refractivity contribution in [3.63, 3.8) is 0 Å². The van der Waals surface area contributed by atoms with Crippen LogP contribution in [0.15, 0.2) is 51.6 Å². The Morgan fingerprint density at radius 3 is 2.58 bits per heavy atom. The van der Waals surface area contributed by atoms with Crippen molar-refractivity contribution in [2.45, 2.75) is 39.0 Å². The van der Waals surface area contributed by atoms with E-state index < -0.39 is 17.8 Å². The number of phenols is 1. The summed E-state index contributed by atoms with van der Waals surface area (Å²) in [5, 5.41) is 10.1. The molecule has 1 aromatic carbocycles. The number of aryl methyl sites for hydroxylation is 1. The van der Waals surface area contributed by atoms with Gasteiger partial charge in [-0.05, 0) is 65.2 Å². The lowest BCUT2D eigenvalue weighted by atomic mass is 9.59. The summed E-state index contributed by atoms with van der Waals surface area (Å²) in [4.78, 5) is 54.0. The molecule has 170 valence electrons. The Bertz CT molecular complexity index is 1220. The summed E-state index contributed by atoms with van der Waals surface area (Å²) in [5.74, 6) is -2.38. The fraction of sp³-hybridized carbons (Fsp3) is 0.385. The molecule has 0 radical (unpaired) electrons. The first-order valence-electron chi connectivity index (χ1n) is 11.3. The molecule has 4 aliphatic rings. The first-order chi connectivity index (χ1) is 15.7. The number of carbonyl (C=O) groups is 4. The average Bonchev–Trinajstić information content (AvgIpc) is 3.03. The van der Waals surface area contributed by atoms with E-state index in [1.807, 2.05) is 19.1 Å². The number of carbonyl (C=O) groups excluding carboxylic acids is 4. The fourth-order valence-corrected chi connectivity index (χ4v) is 6.40. The Hall–Kier alpha value is -2.80. The maximum absolute atomic E-state index is 13.4. The van der Waals surface area contributed by atoms with Crippen molar-refractivity contribution in [1.29, 1.82) is 0 Å². The minimum atomic E-state index is -0.522. The highest BCUT2D eigenvalue weighted by Crippen LogP contribution is 2.55. The normalized spacial score (nSPS) is 29.0. The summed E-state index contributed by atoms with van der Waals surface area (Å²) in [6, 6.07) is 5.19. The number of likely N-dealkylation sites (tertiary alicyclic amines) is 1. The van der Waals surface area contributed by atoms with Crippen LogP contribution in [0.5, 0.6) is 5.75 Å². The summed E-state index contributed by atoms with van der Waals surface area (Å²) >= 11 is 3.23. The van der Waals surface area contributed by atoms with Gasteiger partial charge in [-0.25, -0.2) is 0 Å². The maximum Gasteiger partial charge on any atom is 0.233 e. The van der Waals surface area contributed by atoms with E-state index in [0.717, 1.165) is 11.1 Å². The van der Waals surface area contributed by atoms with Crippen LogP contribution in [0.2, 0.25) is 0 Å². The molecule has 0 spiro atoms. The molecule has 1 aliphatic heterocycles. The molecule has 6 nitrogen and oxygen atoms in total. The van der Waals surface area contributed by atoms with Crippen LogP contribution in [0.3, 0.4) is 0 Å². The van der Waals surface area contributed by atoms with Crippen molar-refractivity contribution in [3.05, 3.63) is 62.7 Å². The number of imide groups is 1. The van der Waals surface area contributed by atoms with Gasteiger partial charge in [0, 0.05) is 29.7 Å². The summed E-state index contributed by atoms with van der Waals surface area (Å²) in [5.41, 5.74) is 3.24. The van der Waals surface area contributed by atoms with Gasteiger partial charge < -0.3 is 5.11 Å². The van der Waals surface area contributed by atoms with E-state index in [9.17, 15) is 24.3 Å².